The molecule has 0 aliphatic rings. The first-order valence-electron chi connectivity index (χ1n) is 5.03. The number of thiophene rings is 1. The van der Waals surface area contributed by atoms with E-state index in [1.807, 2.05) is 5.38 Å². The molecule has 4 nitrogen and oxygen atoms in total. The van der Waals surface area contributed by atoms with Crippen molar-refractivity contribution in [2.24, 2.45) is 7.05 Å². The number of nitrogens with zero attached hydrogens (tertiary/aromatic N) is 2. The zero-order valence-corrected chi connectivity index (χ0v) is 9.83. The molecule has 2 aromatic heterocycles. The third-order valence-corrected chi connectivity index (χ3v) is 2.98. The van der Waals surface area contributed by atoms with Crippen molar-refractivity contribution < 1.29 is 4.79 Å². The Morgan fingerprint density at radius 3 is 3.12 bits per heavy atom. The van der Waals surface area contributed by atoms with Crippen LogP contribution in [0.2, 0.25) is 0 Å². The highest BCUT2D eigenvalue weighted by Crippen LogP contribution is 2.05. The highest BCUT2D eigenvalue weighted by Gasteiger charge is 2.06. The van der Waals surface area contributed by atoms with Gasteiger partial charge in [-0.15, -0.1) is 0 Å². The molecule has 2 aromatic rings. The van der Waals surface area contributed by atoms with Crippen LogP contribution in [0.1, 0.15) is 15.9 Å². The van der Waals surface area contributed by atoms with Crippen LogP contribution >= 0.6 is 11.3 Å². The van der Waals surface area contributed by atoms with E-state index in [0.29, 0.717) is 12.1 Å². The van der Waals surface area contributed by atoms with Gasteiger partial charge in [0, 0.05) is 19.8 Å². The number of amides is 1. The zero-order valence-electron chi connectivity index (χ0n) is 9.01. The Morgan fingerprint density at radius 1 is 1.62 bits per heavy atom. The lowest BCUT2D eigenvalue weighted by atomic mass is 10.2. The highest BCUT2D eigenvalue weighted by molar-refractivity contribution is 7.07. The lowest BCUT2D eigenvalue weighted by molar-refractivity contribution is 0.0954. The van der Waals surface area contributed by atoms with E-state index in [1.165, 1.54) is 5.56 Å². The van der Waals surface area contributed by atoms with E-state index >= 15 is 0 Å². The van der Waals surface area contributed by atoms with Gasteiger partial charge in [0.25, 0.3) is 5.91 Å². The monoisotopic (exact) mass is 235 g/mol. The maximum atomic E-state index is 11.6. The van der Waals surface area contributed by atoms with Crippen LogP contribution in [0.25, 0.3) is 0 Å². The van der Waals surface area contributed by atoms with Crippen LogP contribution in [-0.2, 0) is 13.5 Å². The summed E-state index contributed by atoms with van der Waals surface area (Å²) in [5.41, 5.74) is 1.87. The summed E-state index contributed by atoms with van der Waals surface area (Å²) >= 11 is 1.67. The molecule has 84 valence electrons. The summed E-state index contributed by atoms with van der Waals surface area (Å²) in [7, 11) is 1.79. The number of hydrogen-bond donors (Lipinski definition) is 1. The Morgan fingerprint density at radius 2 is 2.50 bits per heavy atom. The van der Waals surface area contributed by atoms with Gasteiger partial charge in [-0.1, -0.05) is 0 Å². The third-order valence-electron chi connectivity index (χ3n) is 2.25. The normalized spacial score (nSPS) is 10.3. The maximum Gasteiger partial charge on any atom is 0.254 e. The predicted molar refractivity (Wildman–Crippen MR) is 63.6 cm³/mol. The fourth-order valence-electron chi connectivity index (χ4n) is 1.40. The number of carbonyl (C=O) groups is 1. The summed E-state index contributed by atoms with van der Waals surface area (Å²) in [4.78, 5) is 11.6. The summed E-state index contributed by atoms with van der Waals surface area (Å²) in [5.74, 6) is -0.0664. The van der Waals surface area contributed by atoms with Crippen molar-refractivity contribution >= 4 is 17.2 Å². The summed E-state index contributed by atoms with van der Waals surface area (Å²) in [6.07, 6.45) is 4.15. The smallest absolute Gasteiger partial charge is 0.254 e. The standard InChI is InChI=1S/C11H13N3OS/c1-14-7-10(6-13-14)11(15)12-4-2-9-3-5-16-8-9/h3,5-8H,2,4H2,1H3,(H,12,15). The fourth-order valence-corrected chi connectivity index (χ4v) is 2.10. The molecule has 1 amide bonds. The van der Waals surface area contributed by atoms with Crippen molar-refractivity contribution in [3.05, 3.63) is 40.3 Å². The average molecular weight is 235 g/mol. The van der Waals surface area contributed by atoms with E-state index in [2.05, 4.69) is 21.9 Å². The van der Waals surface area contributed by atoms with Gasteiger partial charge in [-0.2, -0.15) is 16.4 Å². The van der Waals surface area contributed by atoms with Crippen molar-refractivity contribution in [3.63, 3.8) is 0 Å². The largest absolute Gasteiger partial charge is 0.352 e. The second kappa shape index (κ2) is 4.94. The molecule has 2 rings (SSSR count). The number of hydrogen-bond acceptors (Lipinski definition) is 3. The molecule has 0 aromatic carbocycles. The molecular weight excluding hydrogens is 222 g/mol. The molecule has 0 atom stereocenters. The molecule has 0 fully saturated rings. The van der Waals surface area contributed by atoms with Crippen molar-refractivity contribution in [1.82, 2.24) is 15.1 Å². The van der Waals surface area contributed by atoms with Crippen LogP contribution in [0, 0.1) is 0 Å². The topological polar surface area (TPSA) is 46.9 Å². The Balaban J connectivity index is 1.80. The first kappa shape index (κ1) is 10.9. The molecule has 2 heterocycles. The Kier molecular flexibility index (Phi) is 3.36. The minimum absolute atomic E-state index is 0.0664. The molecule has 0 saturated heterocycles. The molecule has 0 bridgehead atoms. The lowest BCUT2D eigenvalue weighted by Crippen LogP contribution is -2.25. The average Bonchev–Trinajstić information content (AvgIpc) is 2.89. The molecule has 16 heavy (non-hydrogen) atoms. The predicted octanol–water partition coefficient (Wildman–Crippen LogP) is 1.45. The minimum atomic E-state index is -0.0664. The van der Waals surface area contributed by atoms with Crippen LogP contribution in [-0.4, -0.2) is 22.2 Å². The van der Waals surface area contributed by atoms with Gasteiger partial charge in [0.15, 0.2) is 0 Å². The van der Waals surface area contributed by atoms with E-state index in [0.717, 1.165) is 6.42 Å². The first-order chi connectivity index (χ1) is 7.75. The molecule has 0 spiro atoms. The van der Waals surface area contributed by atoms with Crippen molar-refractivity contribution in [2.75, 3.05) is 6.54 Å². The van der Waals surface area contributed by atoms with Crippen LogP contribution in [0.3, 0.4) is 0 Å². The summed E-state index contributed by atoms with van der Waals surface area (Å²) in [5, 5.41) is 10.9. The van der Waals surface area contributed by atoms with Gasteiger partial charge >= 0.3 is 0 Å². The van der Waals surface area contributed by atoms with Crippen molar-refractivity contribution in [3.8, 4) is 0 Å². The number of aromatic nitrogens is 2. The third kappa shape index (κ3) is 2.70. The van der Waals surface area contributed by atoms with Gasteiger partial charge < -0.3 is 5.32 Å². The molecule has 0 unspecified atom stereocenters. The number of aryl methyl sites for hydroxylation is 1. The van der Waals surface area contributed by atoms with Gasteiger partial charge in [-0.25, -0.2) is 0 Å². The van der Waals surface area contributed by atoms with Gasteiger partial charge in [0.1, 0.15) is 0 Å². The van der Waals surface area contributed by atoms with Gasteiger partial charge in [-0.05, 0) is 28.8 Å². The van der Waals surface area contributed by atoms with E-state index in [-0.39, 0.29) is 5.91 Å². The summed E-state index contributed by atoms with van der Waals surface area (Å²) < 4.78 is 1.62. The lowest BCUT2D eigenvalue weighted by Gasteiger charge is -2.01. The minimum Gasteiger partial charge on any atom is -0.352 e. The summed E-state index contributed by atoms with van der Waals surface area (Å²) in [6.45, 7) is 0.657. The van der Waals surface area contributed by atoms with E-state index in [1.54, 1.807) is 35.5 Å². The van der Waals surface area contributed by atoms with Gasteiger partial charge in [0.05, 0.1) is 11.8 Å². The molecule has 0 aliphatic carbocycles. The Bertz CT molecular complexity index is 461. The molecule has 5 heteroatoms. The Labute approximate surface area is 97.9 Å². The van der Waals surface area contributed by atoms with Gasteiger partial charge in [0.2, 0.25) is 0 Å². The number of carbonyl (C=O) groups excluding carboxylic acids is 1. The maximum absolute atomic E-state index is 11.6. The zero-order chi connectivity index (χ0) is 11.4. The molecule has 0 saturated carbocycles. The van der Waals surface area contributed by atoms with Crippen molar-refractivity contribution in [1.29, 1.82) is 0 Å². The first-order valence-corrected chi connectivity index (χ1v) is 5.98. The van der Waals surface area contributed by atoms with E-state index in [4.69, 9.17) is 0 Å². The van der Waals surface area contributed by atoms with Crippen LogP contribution in [0.15, 0.2) is 29.2 Å². The highest BCUT2D eigenvalue weighted by atomic mass is 32.1. The Hall–Kier alpha value is -1.62. The summed E-state index contributed by atoms with van der Waals surface area (Å²) in [6, 6.07) is 2.07. The SMILES string of the molecule is Cn1cc(C(=O)NCCc2ccsc2)cn1. The molecule has 0 radical (unpaired) electrons. The molecular formula is C11H13N3OS. The van der Waals surface area contributed by atoms with E-state index in [9.17, 15) is 4.79 Å². The number of nitrogens with one attached hydrogen (secondary N) is 1. The van der Waals surface area contributed by atoms with E-state index < -0.39 is 0 Å². The van der Waals surface area contributed by atoms with Crippen LogP contribution < -0.4 is 5.32 Å². The second-order valence-corrected chi connectivity index (χ2v) is 4.32. The fraction of sp³-hybridized carbons (Fsp3) is 0.273. The van der Waals surface area contributed by atoms with Crippen molar-refractivity contribution in [2.45, 2.75) is 6.42 Å². The quantitative estimate of drug-likeness (QED) is 0.872. The molecule has 1 N–H and O–H groups in total. The second-order valence-electron chi connectivity index (χ2n) is 3.54. The van der Waals surface area contributed by atoms with Crippen LogP contribution in [0.5, 0.6) is 0 Å². The van der Waals surface area contributed by atoms with Crippen LogP contribution in [0.4, 0.5) is 0 Å². The number of rotatable bonds is 4. The van der Waals surface area contributed by atoms with Gasteiger partial charge in [-0.3, -0.25) is 9.48 Å². The molecule has 0 aliphatic heterocycles.